The zero-order chi connectivity index (χ0) is 31.3. The van der Waals surface area contributed by atoms with Gasteiger partial charge in [0.25, 0.3) is 0 Å². The zero-order valence-electron chi connectivity index (χ0n) is 22.4. The van der Waals surface area contributed by atoms with E-state index in [1.54, 1.807) is 12.1 Å². The summed E-state index contributed by atoms with van der Waals surface area (Å²) in [4.78, 5) is 83.5. The first kappa shape index (κ1) is 34.3. The molecular formula is C24H35N7O10. The van der Waals surface area contributed by atoms with Crippen LogP contribution in [0.1, 0.15) is 25.8 Å². The minimum absolute atomic E-state index is 0.0475. The predicted molar refractivity (Wildman–Crippen MR) is 140 cm³/mol. The largest absolute Gasteiger partial charge is 0.508 e. The van der Waals surface area contributed by atoms with Crippen LogP contribution in [0.2, 0.25) is 0 Å². The van der Waals surface area contributed by atoms with E-state index >= 15 is 0 Å². The number of carbonyl (C=O) groups is 7. The van der Waals surface area contributed by atoms with E-state index in [2.05, 4.69) is 21.3 Å². The van der Waals surface area contributed by atoms with Gasteiger partial charge in [-0.1, -0.05) is 12.1 Å². The number of amides is 6. The van der Waals surface area contributed by atoms with Gasteiger partial charge in [0.1, 0.15) is 29.9 Å². The molecule has 1 aromatic rings. The van der Waals surface area contributed by atoms with Crippen LogP contribution < -0.4 is 38.1 Å². The summed E-state index contributed by atoms with van der Waals surface area (Å²) < 4.78 is 0. The van der Waals surface area contributed by atoms with E-state index in [-0.39, 0.29) is 12.2 Å². The molecule has 41 heavy (non-hydrogen) atoms. The van der Waals surface area contributed by atoms with Gasteiger partial charge >= 0.3 is 5.97 Å². The van der Waals surface area contributed by atoms with E-state index in [1.165, 1.54) is 26.0 Å². The molecule has 0 aliphatic rings. The van der Waals surface area contributed by atoms with Gasteiger partial charge in [-0.3, -0.25) is 28.8 Å². The summed E-state index contributed by atoms with van der Waals surface area (Å²) in [5.74, 6) is -6.67. The Morgan fingerprint density at radius 1 is 0.805 bits per heavy atom. The number of aliphatic hydroxyl groups excluding tert-OH is 1. The summed E-state index contributed by atoms with van der Waals surface area (Å²) in [6, 6.07) is -0.490. The quantitative estimate of drug-likeness (QED) is 0.0884. The van der Waals surface area contributed by atoms with Gasteiger partial charge in [-0.05, 0) is 38.0 Å². The van der Waals surface area contributed by atoms with Crippen LogP contribution in [0.4, 0.5) is 0 Å². The summed E-state index contributed by atoms with van der Waals surface area (Å²) in [5, 5.41) is 38.9. The Bertz CT molecular complexity index is 1130. The third-order valence-electron chi connectivity index (χ3n) is 5.51. The van der Waals surface area contributed by atoms with E-state index < -0.39 is 91.2 Å². The van der Waals surface area contributed by atoms with Gasteiger partial charge in [0.05, 0.1) is 25.6 Å². The average molecular weight is 582 g/mol. The number of primary amides is 1. The SMILES string of the molecule is C[C@H](NC(=O)[C@H](CO)NC(=O)[C@H](C)NC(=O)[C@@H](N)Cc1ccc(O)cc1)C(=O)NCC(=O)N[C@@H](CC(N)=O)C(=O)O. The highest BCUT2D eigenvalue weighted by atomic mass is 16.4. The molecule has 0 saturated heterocycles. The second kappa shape index (κ2) is 16.4. The zero-order valence-corrected chi connectivity index (χ0v) is 22.4. The first-order valence-electron chi connectivity index (χ1n) is 12.3. The number of carboxylic acids is 1. The lowest BCUT2D eigenvalue weighted by molar-refractivity contribution is -0.143. The Labute approximate surface area is 234 Å². The molecule has 0 heterocycles. The second-order valence-electron chi connectivity index (χ2n) is 9.03. The lowest BCUT2D eigenvalue weighted by atomic mass is 10.1. The molecule has 6 amide bonds. The van der Waals surface area contributed by atoms with Crippen molar-refractivity contribution in [1.29, 1.82) is 0 Å². The molecular weight excluding hydrogens is 546 g/mol. The van der Waals surface area contributed by atoms with Gasteiger partial charge in [-0.15, -0.1) is 0 Å². The summed E-state index contributed by atoms with van der Waals surface area (Å²) >= 11 is 0. The Balaban J connectivity index is 2.56. The summed E-state index contributed by atoms with van der Waals surface area (Å²) in [6.07, 6.45) is -0.540. The van der Waals surface area contributed by atoms with Crippen LogP contribution in [0, 0.1) is 0 Å². The van der Waals surface area contributed by atoms with E-state index in [0.29, 0.717) is 5.56 Å². The number of nitrogens with one attached hydrogen (secondary N) is 5. The number of aliphatic carboxylic acids is 1. The molecule has 0 fully saturated rings. The number of carboxylic acid groups (broad SMARTS) is 1. The van der Waals surface area contributed by atoms with Crippen LogP contribution in [-0.4, -0.2) is 100 Å². The molecule has 0 radical (unpaired) electrons. The minimum Gasteiger partial charge on any atom is -0.508 e. The number of hydrogen-bond donors (Lipinski definition) is 10. The molecule has 17 nitrogen and oxygen atoms in total. The molecule has 0 unspecified atom stereocenters. The predicted octanol–water partition coefficient (Wildman–Crippen LogP) is -4.69. The van der Waals surface area contributed by atoms with E-state index in [4.69, 9.17) is 16.6 Å². The van der Waals surface area contributed by atoms with Crippen molar-refractivity contribution in [3.8, 4) is 5.75 Å². The van der Waals surface area contributed by atoms with Crippen LogP contribution in [-0.2, 0) is 40.0 Å². The number of phenols is 1. The van der Waals surface area contributed by atoms with Gasteiger partial charge in [-0.25, -0.2) is 4.79 Å². The standard InChI is InChI=1S/C24H35N7O10/c1-11(20(36)27-9-19(35)30-16(24(40)41)8-18(26)34)29-23(39)17(10-32)31-21(37)12(2)28-22(38)15(25)7-13-3-5-14(33)6-4-13/h3-6,11-12,15-17,32-33H,7-10,25H2,1-2H3,(H2,26,34)(H,27,36)(H,28,38)(H,29,39)(H,30,35)(H,31,37)(H,40,41)/t11-,12-,15-,16-,17-/m0/s1. The van der Waals surface area contributed by atoms with Crippen molar-refractivity contribution in [3.05, 3.63) is 29.8 Å². The number of carbonyl (C=O) groups excluding carboxylic acids is 6. The summed E-state index contributed by atoms with van der Waals surface area (Å²) in [7, 11) is 0. The van der Waals surface area contributed by atoms with Crippen LogP contribution in [0.3, 0.4) is 0 Å². The van der Waals surface area contributed by atoms with Crippen molar-refractivity contribution in [2.75, 3.05) is 13.2 Å². The Morgan fingerprint density at radius 3 is 1.90 bits per heavy atom. The second-order valence-corrected chi connectivity index (χ2v) is 9.03. The highest BCUT2D eigenvalue weighted by Crippen LogP contribution is 2.11. The van der Waals surface area contributed by atoms with Crippen LogP contribution in [0.5, 0.6) is 5.75 Å². The maximum Gasteiger partial charge on any atom is 0.326 e. The van der Waals surface area contributed by atoms with Crippen molar-refractivity contribution in [3.63, 3.8) is 0 Å². The fourth-order valence-electron chi connectivity index (χ4n) is 3.20. The lowest BCUT2D eigenvalue weighted by Crippen LogP contribution is -2.58. The van der Waals surface area contributed by atoms with Crippen LogP contribution >= 0.6 is 0 Å². The molecule has 0 spiro atoms. The molecule has 0 bridgehead atoms. The van der Waals surface area contributed by atoms with E-state index in [9.17, 15) is 43.8 Å². The molecule has 1 aromatic carbocycles. The molecule has 12 N–H and O–H groups in total. The number of nitrogens with two attached hydrogens (primary N) is 2. The minimum atomic E-state index is -1.59. The maximum atomic E-state index is 12.5. The van der Waals surface area contributed by atoms with Crippen LogP contribution in [0.25, 0.3) is 0 Å². The first-order chi connectivity index (χ1) is 19.1. The number of aromatic hydroxyl groups is 1. The fourth-order valence-corrected chi connectivity index (χ4v) is 3.20. The highest BCUT2D eigenvalue weighted by Gasteiger charge is 2.28. The Kier molecular flexibility index (Phi) is 13.7. The fraction of sp³-hybridized carbons (Fsp3) is 0.458. The van der Waals surface area contributed by atoms with Gasteiger partial charge in [-0.2, -0.15) is 0 Å². The van der Waals surface area contributed by atoms with Crippen molar-refractivity contribution < 1.29 is 48.9 Å². The van der Waals surface area contributed by atoms with Crippen molar-refractivity contribution in [2.24, 2.45) is 11.5 Å². The number of aliphatic hydroxyl groups is 1. The van der Waals surface area contributed by atoms with Gasteiger partial charge in [0.15, 0.2) is 0 Å². The third-order valence-corrected chi connectivity index (χ3v) is 5.51. The third kappa shape index (κ3) is 12.3. The van der Waals surface area contributed by atoms with Crippen molar-refractivity contribution in [1.82, 2.24) is 26.6 Å². The molecule has 5 atom stereocenters. The van der Waals surface area contributed by atoms with Crippen molar-refractivity contribution >= 4 is 41.4 Å². The van der Waals surface area contributed by atoms with Gasteiger partial charge in [0, 0.05) is 0 Å². The molecule has 0 aliphatic carbocycles. The lowest BCUT2D eigenvalue weighted by Gasteiger charge is -2.22. The molecule has 17 heteroatoms. The van der Waals surface area contributed by atoms with Crippen molar-refractivity contribution in [2.45, 2.75) is 56.9 Å². The monoisotopic (exact) mass is 581 g/mol. The van der Waals surface area contributed by atoms with Gasteiger partial charge < -0.3 is 53.4 Å². The van der Waals surface area contributed by atoms with E-state index in [1.807, 2.05) is 5.32 Å². The molecule has 0 aromatic heterocycles. The molecule has 0 saturated carbocycles. The summed E-state index contributed by atoms with van der Waals surface area (Å²) in [5.41, 5.74) is 11.5. The number of phenolic OH excluding ortho intramolecular Hbond substituents is 1. The number of hydrogen-bond acceptors (Lipinski definition) is 10. The Hall–Kier alpha value is -4.77. The highest BCUT2D eigenvalue weighted by molar-refractivity contribution is 5.95. The van der Waals surface area contributed by atoms with Gasteiger partial charge in [0.2, 0.25) is 35.4 Å². The molecule has 1 rings (SSSR count). The number of rotatable bonds is 16. The first-order valence-corrected chi connectivity index (χ1v) is 12.3. The van der Waals surface area contributed by atoms with Crippen LogP contribution in [0.15, 0.2) is 24.3 Å². The maximum absolute atomic E-state index is 12.5. The average Bonchev–Trinajstić information content (AvgIpc) is 2.90. The summed E-state index contributed by atoms with van der Waals surface area (Å²) in [6.45, 7) is 1.03. The molecule has 226 valence electrons. The Morgan fingerprint density at radius 2 is 1.37 bits per heavy atom. The topological polar surface area (TPSA) is 292 Å². The number of benzene rings is 1. The van der Waals surface area contributed by atoms with E-state index in [0.717, 1.165) is 0 Å². The normalized spacial score (nSPS) is 14.2. The smallest absolute Gasteiger partial charge is 0.326 e. The molecule has 0 aliphatic heterocycles.